The van der Waals surface area contributed by atoms with Gasteiger partial charge in [-0.05, 0) is 84.6 Å². The summed E-state index contributed by atoms with van der Waals surface area (Å²) >= 11 is 0. The van der Waals surface area contributed by atoms with Crippen LogP contribution in [0.1, 0.15) is 11.1 Å². The van der Waals surface area contributed by atoms with Crippen molar-refractivity contribution >= 4 is 22.1 Å². The largest absolute Gasteiger partial charge is 0.497 e. The maximum Gasteiger partial charge on any atom is 0.177 e. The number of rotatable bonds is 4. The number of hydrogen-bond donors (Lipinski definition) is 0. The molecule has 0 bridgehead atoms. The molecule has 0 saturated carbocycles. The molecule has 6 heteroatoms. The van der Waals surface area contributed by atoms with E-state index < -0.39 is 0 Å². The summed E-state index contributed by atoms with van der Waals surface area (Å²) in [4.78, 5) is 10.5. The Morgan fingerprint density at radius 3 is 1.34 bits per heavy atom. The standard InChI is InChI=1S/C32H28N4O2/c1-19-15-25(21-5-9-23(37-3)10-6-21)29-27(17-19)35-13-14-36-28-18-20(2)16-26(22-7-11-24(38-4)12-8-22)30(28)34-32(36)31(35)33-29/h5-12,15-18H,13-14H2,1-4H3. The summed E-state index contributed by atoms with van der Waals surface area (Å²) < 4.78 is 15.4. The first kappa shape index (κ1) is 22.6. The highest BCUT2D eigenvalue weighted by molar-refractivity contribution is 5.97. The molecular formula is C32H28N4O2. The van der Waals surface area contributed by atoms with Gasteiger partial charge in [-0.15, -0.1) is 0 Å². The van der Waals surface area contributed by atoms with Gasteiger partial charge in [0.1, 0.15) is 11.5 Å². The van der Waals surface area contributed by atoms with E-state index in [-0.39, 0.29) is 0 Å². The van der Waals surface area contributed by atoms with Crippen LogP contribution in [0, 0.1) is 13.8 Å². The van der Waals surface area contributed by atoms with Crippen LogP contribution in [-0.2, 0) is 13.1 Å². The zero-order chi connectivity index (χ0) is 26.0. The lowest BCUT2D eigenvalue weighted by molar-refractivity contribution is 0.415. The molecule has 0 spiro atoms. The van der Waals surface area contributed by atoms with Crippen LogP contribution in [0.5, 0.6) is 11.5 Å². The van der Waals surface area contributed by atoms with Gasteiger partial charge in [0.2, 0.25) is 0 Å². The molecular weight excluding hydrogens is 472 g/mol. The SMILES string of the molecule is COc1ccc(-c2cc(C)cc3c2nc2n3CCn3c-2nc2c(-c4ccc(OC)cc4)cc(C)cc23)cc1. The summed E-state index contributed by atoms with van der Waals surface area (Å²) in [5, 5.41) is 0. The van der Waals surface area contributed by atoms with Gasteiger partial charge in [0.05, 0.1) is 36.3 Å². The van der Waals surface area contributed by atoms with Crippen LogP contribution in [0.25, 0.3) is 56.0 Å². The Hall–Kier alpha value is -4.58. The maximum absolute atomic E-state index is 5.37. The van der Waals surface area contributed by atoms with Gasteiger partial charge in [0.15, 0.2) is 11.6 Å². The van der Waals surface area contributed by atoms with Gasteiger partial charge in [-0.1, -0.05) is 24.3 Å². The summed E-state index contributed by atoms with van der Waals surface area (Å²) in [7, 11) is 3.38. The van der Waals surface area contributed by atoms with Crippen molar-refractivity contribution in [2.75, 3.05) is 14.2 Å². The second-order valence-electron chi connectivity index (χ2n) is 9.99. The normalized spacial score (nSPS) is 12.5. The van der Waals surface area contributed by atoms with Crippen molar-refractivity contribution in [3.8, 4) is 45.4 Å². The van der Waals surface area contributed by atoms with Crippen molar-refractivity contribution in [1.29, 1.82) is 0 Å². The van der Waals surface area contributed by atoms with Crippen molar-refractivity contribution in [2.45, 2.75) is 26.9 Å². The molecule has 3 heterocycles. The number of benzene rings is 4. The van der Waals surface area contributed by atoms with Crippen LogP contribution in [0.3, 0.4) is 0 Å². The molecule has 0 radical (unpaired) electrons. The van der Waals surface area contributed by atoms with E-state index >= 15 is 0 Å². The van der Waals surface area contributed by atoms with Gasteiger partial charge in [-0.3, -0.25) is 0 Å². The first-order valence-electron chi connectivity index (χ1n) is 12.8. The van der Waals surface area contributed by atoms with Crippen molar-refractivity contribution in [3.63, 3.8) is 0 Å². The Balaban J connectivity index is 1.44. The third kappa shape index (κ3) is 3.40. The predicted molar refractivity (Wildman–Crippen MR) is 152 cm³/mol. The van der Waals surface area contributed by atoms with Gasteiger partial charge >= 0.3 is 0 Å². The molecule has 1 aliphatic rings. The van der Waals surface area contributed by atoms with E-state index in [1.54, 1.807) is 14.2 Å². The Bertz CT molecular complexity index is 1710. The molecule has 7 rings (SSSR count). The van der Waals surface area contributed by atoms with E-state index in [0.29, 0.717) is 0 Å². The summed E-state index contributed by atoms with van der Waals surface area (Å²) in [6.45, 7) is 5.99. The first-order valence-corrected chi connectivity index (χ1v) is 12.8. The zero-order valence-electron chi connectivity index (χ0n) is 21.9. The monoisotopic (exact) mass is 500 g/mol. The highest BCUT2D eigenvalue weighted by Crippen LogP contribution is 2.39. The third-order valence-electron chi connectivity index (χ3n) is 7.55. The van der Waals surface area contributed by atoms with Crippen molar-refractivity contribution in [2.24, 2.45) is 0 Å². The molecule has 0 atom stereocenters. The van der Waals surface area contributed by atoms with E-state index in [4.69, 9.17) is 19.4 Å². The lowest BCUT2D eigenvalue weighted by atomic mass is 10.0. The summed E-state index contributed by atoms with van der Waals surface area (Å²) in [5.74, 6) is 3.53. The maximum atomic E-state index is 5.37. The second kappa shape index (κ2) is 8.48. The molecule has 0 saturated heterocycles. The van der Waals surface area contributed by atoms with E-state index in [1.165, 1.54) is 11.1 Å². The van der Waals surface area contributed by atoms with Gasteiger partial charge in [-0.2, -0.15) is 0 Å². The number of imidazole rings is 2. The third-order valence-corrected chi connectivity index (χ3v) is 7.55. The molecule has 6 aromatic rings. The minimum atomic E-state index is 0.846. The highest BCUT2D eigenvalue weighted by atomic mass is 16.5. The molecule has 38 heavy (non-hydrogen) atoms. The lowest BCUT2D eigenvalue weighted by Gasteiger charge is -2.18. The Morgan fingerprint density at radius 2 is 0.974 bits per heavy atom. The number of nitrogens with zero attached hydrogens (tertiary/aromatic N) is 4. The summed E-state index contributed by atoms with van der Waals surface area (Å²) in [5.41, 5.74) is 11.2. The van der Waals surface area contributed by atoms with E-state index in [1.807, 2.05) is 24.3 Å². The molecule has 0 amide bonds. The molecule has 6 nitrogen and oxygen atoms in total. The number of aryl methyl sites for hydroxylation is 4. The van der Waals surface area contributed by atoms with Gasteiger partial charge < -0.3 is 18.6 Å². The average Bonchev–Trinajstić information content (AvgIpc) is 3.51. The minimum Gasteiger partial charge on any atom is -0.497 e. The molecule has 0 N–H and O–H groups in total. The molecule has 0 unspecified atom stereocenters. The van der Waals surface area contributed by atoms with E-state index in [9.17, 15) is 0 Å². The minimum absolute atomic E-state index is 0.846. The fraction of sp³-hybridized carbons (Fsp3) is 0.188. The fourth-order valence-electron chi connectivity index (χ4n) is 5.70. The molecule has 1 aliphatic heterocycles. The van der Waals surface area contributed by atoms with Gasteiger partial charge in [0, 0.05) is 24.2 Å². The van der Waals surface area contributed by atoms with E-state index in [0.717, 1.165) is 80.6 Å². The van der Waals surface area contributed by atoms with Crippen molar-refractivity contribution in [1.82, 2.24) is 19.1 Å². The number of aromatic nitrogens is 4. The topological polar surface area (TPSA) is 54.1 Å². The van der Waals surface area contributed by atoms with Crippen LogP contribution in [0.15, 0.2) is 72.8 Å². The van der Waals surface area contributed by atoms with Crippen LogP contribution in [0.4, 0.5) is 0 Å². The highest BCUT2D eigenvalue weighted by Gasteiger charge is 2.26. The quantitative estimate of drug-likeness (QED) is 0.261. The van der Waals surface area contributed by atoms with Crippen LogP contribution in [0.2, 0.25) is 0 Å². The fourth-order valence-corrected chi connectivity index (χ4v) is 5.70. The molecule has 2 aromatic heterocycles. The van der Waals surface area contributed by atoms with Gasteiger partial charge in [0.25, 0.3) is 0 Å². The number of ether oxygens (including phenoxy) is 2. The number of fused-ring (bicyclic) bond motifs is 7. The molecule has 0 fully saturated rings. The molecule has 0 aliphatic carbocycles. The van der Waals surface area contributed by atoms with Crippen molar-refractivity contribution < 1.29 is 9.47 Å². The van der Waals surface area contributed by atoms with Crippen LogP contribution >= 0.6 is 0 Å². The van der Waals surface area contributed by atoms with Gasteiger partial charge in [-0.25, -0.2) is 9.97 Å². The summed E-state index contributed by atoms with van der Waals surface area (Å²) in [6, 6.07) is 25.3. The predicted octanol–water partition coefficient (Wildman–Crippen LogP) is 7.03. The van der Waals surface area contributed by atoms with Crippen LogP contribution in [-0.4, -0.2) is 33.3 Å². The van der Waals surface area contributed by atoms with E-state index in [2.05, 4.69) is 71.5 Å². The molecule has 188 valence electrons. The second-order valence-corrected chi connectivity index (χ2v) is 9.99. The Morgan fingerprint density at radius 1 is 0.579 bits per heavy atom. The smallest absolute Gasteiger partial charge is 0.177 e. The lowest BCUT2D eigenvalue weighted by Crippen LogP contribution is -2.16. The summed E-state index contributed by atoms with van der Waals surface area (Å²) in [6.07, 6.45) is 0. The molecule has 4 aromatic carbocycles. The Labute approximate surface area is 221 Å². The van der Waals surface area contributed by atoms with Crippen LogP contribution < -0.4 is 9.47 Å². The average molecular weight is 501 g/mol. The zero-order valence-corrected chi connectivity index (χ0v) is 21.9. The van der Waals surface area contributed by atoms with Crippen molar-refractivity contribution in [3.05, 3.63) is 83.9 Å². The number of methoxy groups -OCH3 is 2. The number of hydrogen-bond acceptors (Lipinski definition) is 4. The Kier molecular flexibility index (Phi) is 5.05. The first-order chi connectivity index (χ1) is 18.5.